The Morgan fingerprint density at radius 2 is 1.42 bits per heavy atom. The quantitative estimate of drug-likeness (QED) is 0.414. The molecule has 3 N–H and O–H groups in total. The van der Waals surface area contributed by atoms with Crippen LogP contribution in [-0.4, -0.2) is 14.1 Å². The molecule has 0 aliphatic rings. The number of fused-ring (bicyclic) bond motifs is 1. The maximum Gasteiger partial charge on any atom is 0.0801 e. The molecule has 1 aromatic heterocycles. The number of nitrogens with one attached hydrogen (secondary N) is 1. The first kappa shape index (κ1) is 16.6. The van der Waals surface area contributed by atoms with E-state index in [9.17, 15) is 9.11 Å². The fourth-order valence-electron chi connectivity index (χ4n) is 2.83. The highest BCUT2D eigenvalue weighted by Gasteiger charge is 2.15. The molecule has 0 unspecified atom stereocenters. The van der Waals surface area contributed by atoms with Gasteiger partial charge in [0.15, 0.2) is 0 Å². The van der Waals surface area contributed by atoms with Crippen LogP contribution in [0, 0.1) is 0 Å². The summed E-state index contributed by atoms with van der Waals surface area (Å²) in [7, 11) is -3.13. The first-order valence-corrected chi connectivity index (χ1v) is 9.73. The highest BCUT2D eigenvalue weighted by Crippen LogP contribution is 2.47. The van der Waals surface area contributed by atoms with Gasteiger partial charge < -0.3 is 0 Å². The average Bonchev–Trinajstić information content (AvgIpc) is 2.68. The van der Waals surface area contributed by atoms with Crippen molar-refractivity contribution in [2.45, 2.75) is 4.90 Å². The van der Waals surface area contributed by atoms with Gasteiger partial charge in [0.25, 0.3) is 0 Å². The molecule has 4 nitrogen and oxygen atoms in total. The SMILES string of the molecule is OS(O)(Nc1cnc2ccc(-c3ccccc3)cc2c1)c1ccccc1. The van der Waals surface area contributed by atoms with Gasteiger partial charge in [-0.25, -0.2) is 0 Å². The van der Waals surface area contributed by atoms with E-state index in [2.05, 4.69) is 27.9 Å². The van der Waals surface area contributed by atoms with Crippen molar-refractivity contribution < 1.29 is 9.11 Å². The molecule has 0 amide bonds. The second-order valence-electron chi connectivity index (χ2n) is 5.96. The van der Waals surface area contributed by atoms with Gasteiger partial charge in [0.2, 0.25) is 0 Å². The fourth-order valence-corrected chi connectivity index (χ4v) is 3.93. The molecule has 0 bridgehead atoms. The zero-order chi connectivity index (χ0) is 18.0. The largest absolute Gasteiger partial charge is 0.279 e. The average molecular weight is 362 g/mol. The summed E-state index contributed by atoms with van der Waals surface area (Å²) in [6, 6.07) is 26.8. The first-order chi connectivity index (χ1) is 12.6. The third-order valence-electron chi connectivity index (χ3n) is 4.12. The lowest BCUT2D eigenvalue weighted by Gasteiger charge is -2.33. The number of hydrogen-bond donors (Lipinski definition) is 3. The molecule has 0 spiro atoms. The minimum Gasteiger partial charge on any atom is -0.279 e. The summed E-state index contributed by atoms with van der Waals surface area (Å²) in [5, 5.41) is 0.930. The predicted molar refractivity (Wildman–Crippen MR) is 108 cm³/mol. The molecule has 0 aliphatic heterocycles. The predicted octanol–water partition coefficient (Wildman–Crippen LogP) is 6.04. The summed E-state index contributed by atoms with van der Waals surface area (Å²) in [6.07, 6.45) is 1.61. The summed E-state index contributed by atoms with van der Waals surface area (Å²) in [6.45, 7) is 0. The summed E-state index contributed by atoms with van der Waals surface area (Å²) >= 11 is 0. The molecule has 26 heavy (non-hydrogen) atoms. The Morgan fingerprint density at radius 3 is 2.15 bits per heavy atom. The van der Waals surface area contributed by atoms with Crippen LogP contribution in [0.2, 0.25) is 0 Å². The summed E-state index contributed by atoms with van der Waals surface area (Å²) < 4.78 is 23.7. The molecule has 4 rings (SSSR count). The number of hydrogen-bond acceptors (Lipinski definition) is 4. The van der Waals surface area contributed by atoms with Gasteiger partial charge in [-0.3, -0.25) is 18.8 Å². The lowest BCUT2D eigenvalue weighted by Crippen LogP contribution is -2.09. The molecular weight excluding hydrogens is 344 g/mol. The van der Waals surface area contributed by atoms with Crippen LogP contribution in [0.4, 0.5) is 5.69 Å². The minimum atomic E-state index is -3.13. The van der Waals surface area contributed by atoms with Gasteiger partial charge in [0.1, 0.15) is 0 Å². The van der Waals surface area contributed by atoms with Crippen LogP contribution in [0.5, 0.6) is 0 Å². The van der Waals surface area contributed by atoms with Crippen LogP contribution in [0.1, 0.15) is 0 Å². The summed E-state index contributed by atoms with van der Waals surface area (Å²) in [4.78, 5) is 4.87. The van der Waals surface area contributed by atoms with E-state index in [1.54, 1.807) is 30.5 Å². The van der Waals surface area contributed by atoms with E-state index in [4.69, 9.17) is 0 Å². The van der Waals surface area contributed by atoms with Gasteiger partial charge in [-0.05, 0) is 41.5 Å². The van der Waals surface area contributed by atoms with Crippen LogP contribution in [0.15, 0.2) is 96.0 Å². The molecule has 1 heterocycles. The molecule has 0 radical (unpaired) electrons. The van der Waals surface area contributed by atoms with E-state index in [1.807, 2.05) is 42.5 Å². The van der Waals surface area contributed by atoms with E-state index < -0.39 is 10.8 Å². The van der Waals surface area contributed by atoms with Crippen LogP contribution in [-0.2, 0) is 0 Å². The molecule has 5 heteroatoms. The van der Waals surface area contributed by atoms with E-state index >= 15 is 0 Å². The Balaban J connectivity index is 1.68. The maximum absolute atomic E-state index is 10.4. The van der Waals surface area contributed by atoms with E-state index in [-0.39, 0.29) is 0 Å². The number of rotatable bonds is 4. The van der Waals surface area contributed by atoms with Crippen molar-refractivity contribution in [2.75, 3.05) is 4.72 Å². The molecule has 0 saturated carbocycles. The molecule has 0 aliphatic carbocycles. The molecular formula is C21H18N2O2S. The Hall–Kier alpha value is -2.86. The Kier molecular flexibility index (Phi) is 4.34. The lowest BCUT2D eigenvalue weighted by atomic mass is 10.0. The molecule has 0 saturated heterocycles. The maximum atomic E-state index is 10.4. The highest BCUT2D eigenvalue weighted by molar-refractivity contribution is 8.25. The zero-order valence-corrected chi connectivity index (χ0v) is 14.7. The van der Waals surface area contributed by atoms with Crippen LogP contribution in [0.25, 0.3) is 22.0 Å². The normalized spacial score (nSPS) is 12.1. The standard InChI is InChI=1S/C21H18N2O2S/c24-26(25,20-9-5-2-6-10-20)23-19-14-18-13-17(11-12-21(18)22-15-19)16-7-3-1-4-8-16/h1-15,23-25H. The van der Waals surface area contributed by atoms with Crippen molar-refractivity contribution in [2.24, 2.45) is 0 Å². The van der Waals surface area contributed by atoms with Crippen molar-refractivity contribution in [3.8, 4) is 11.1 Å². The van der Waals surface area contributed by atoms with Crippen molar-refractivity contribution >= 4 is 27.4 Å². The van der Waals surface area contributed by atoms with Gasteiger partial charge in [-0.2, -0.15) is 0 Å². The van der Waals surface area contributed by atoms with Crippen molar-refractivity contribution in [1.29, 1.82) is 0 Å². The monoisotopic (exact) mass is 362 g/mol. The van der Waals surface area contributed by atoms with Crippen molar-refractivity contribution in [3.05, 3.63) is 91.1 Å². The number of anilines is 1. The first-order valence-electron chi connectivity index (χ1n) is 8.18. The molecule has 130 valence electrons. The van der Waals surface area contributed by atoms with Gasteiger partial charge in [-0.1, -0.05) is 65.4 Å². The second-order valence-corrected chi connectivity index (χ2v) is 7.73. The Bertz CT molecular complexity index is 1040. The smallest absolute Gasteiger partial charge is 0.0801 e. The lowest BCUT2D eigenvalue weighted by molar-refractivity contribution is 0.494. The van der Waals surface area contributed by atoms with Crippen molar-refractivity contribution in [3.63, 3.8) is 0 Å². The zero-order valence-electron chi connectivity index (χ0n) is 13.9. The fraction of sp³-hybridized carbons (Fsp3) is 0. The number of nitrogens with zero attached hydrogens (tertiary/aromatic N) is 1. The topological polar surface area (TPSA) is 65.4 Å². The third kappa shape index (κ3) is 3.41. The molecule has 4 aromatic rings. The Morgan fingerprint density at radius 1 is 0.731 bits per heavy atom. The van der Waals surface area contributed by atoms with E-state index in [0.29, 0.717) is 10.6 Å². The highest BCUT2D eigenvalue weighted by atomic mass is 32.3. The van der Waals surface area contributed by atoms with E-state index in [1.165, 1.54) is 0 Å². The molecule has 3 aromatic carbocycles. The second kappa shape index (κ2) is 6.80. The molecule has 0 fully saturated rings. The van der Waals surface area contributed by atoms with E-state index in [0.717, 1.165) is 22.0 Å². The van der Waals surface area contributed by atoms with Gasteiger partial charge in [-0.15, -0.1) is 0 Å². The van der Waals surface area contributed by atoms with Crippen LogP contribution < -0.4 is 4.72 Å². The molecule has 0 atom stereocenters. The summed E-state index contributed by atoms with van der Waals surface area (Å²) in [5.74, 6) is 0. The number of benzene rings is 3. The summed E-state index contributed by atoms with van der Waals surface area (Å²) in [5.41, 5.74) is 3.63. The van der Waals surface area contributed by atoms with Gasteiger partial charge >= 0.3 is 0 Å². The minimum absolute atomic E-state index is 0.443. The van der Waals surface area contributed by atoms with Crippen molar-refractivity contribution in [1.82, 2.24) is 4.98 Å². The van der Waals surface area contributed by atoms with Gasteiger partial charge in [0, 0.05) is 5.39 Å². The van der Waals surface area contributed by atoms with Gasteiger partial charge in [0.05, 0.1) is 22.3 Å². The third-order valence-corrected chi connectivity index (χ3v) is 5.57. The number of aromatic nitrogens is 1. The van der Waals surface area contributed by atoms with Crippen LogP contribution >= 0.6 is 10.8 Å². The number of pyridine rings is 1. The Labute approximate surface area is 153 Å². The van der Waals surface area contributed by atoms with Crippen LogP contribution in [0.3, 0.4) is 0 Å².